The molecule has 7 rings (SSSR count). The molecule has 0 spiro atoms. The average Bonchev–Trinajstić information content (AvgIpc) is 3.91. The normalized spacial score (nSPS) is 13.7. The number of rotatable bonds is 8. The van der Waals surface area contributed by atoms with Crippen LogP contribution >= 0.6 is 0 Å². The highest BCUT2D eigenvalue weighted by molar-refractivity contribution is 6.05. The number of hydrogen-bond donors (Lipinski definition) is 4. The third-order valence-corrected chi connectivity index (χ3v) is 8.92. The predicted octanol–water partition coefficient (Wildman–Crippen LogP) is 4.49. The van der Waals surface area contributed by atoms with Crippen LogP contribution in [0.1, 0.15) is 79.3 Å². The average molecular weight is 751 g/mol. The minimum Gasteiger partial charge on any atom is -0.491 e. The Kier molecular flexibility index (Phi) is 9.79. The number of carboxylic acids is 1. The zero-order valence-corrected chi connectivity index (χ0v) is 30.5. The lowest BCUT2D eigenvalue weighted by atomic mass is 10.1. The first-order valence-electron chi connectivity index (χ1n) is 17.6. The van der Waals surface area contributed by atoms with E-state index in [0.717, 1.165) is 0 Å². The van der Waals surface area contributed by atoms with Gasteiger partial charge in [0.15, 0.2) is 5.89 Å². The topological polar surface area (TPSA) is 237 Å². The molecule has 55 heavy (non-hydrogen) atoms. The van der Waals surface area contributed by atoms with E-state index in [0.29, 0.717) is 64.7 Å². The van der Waals surface area contributed by atoms with Gasteiger partial charge in [0.05, 0.1) is 41.2 Å². The molecule has 5 N–H and O–H groups in total. The van der Waals surface area contributed by atoms with Gasteiger partial charge < -0.3 is 33.9 Å². The number of carboxylic acid groups (broad SMARTS) is 1. The van der Waals surface area contributed by atoms with Crippen molar-refractivity contribution >= 4 is 57.7 Å². The van der Waals surface area contributed by atoms with Crippen LogP contribution in [0.25, 0.3) is 22.1 Å². The van der Waals surface area contributed by atoms with Crippen LogP contribution in [0.4, 0.5) is 11.9 Å². The lowest BCUT2D eigenvalue weighted by Crippen LogP contribution is -2.20. The fraction of sp³-hybridized carbons (Fsp3) is 0.297. The van der Waals surface area contributed by atoms with Crippen molar-refractivity contribution in [3.8, 4) is 11.5 Å². The van der Waals surface area contributed by atoms with Crippen molar-refractivity contribution in [3.05, 3.63) is 82.3 Å². The Balaban J connectivity index is 1.32. The molecule has 0 bridgehead atoms. The summed E-state index contributed by atoms with van der Waals surface area (Å²) in [5.41, 5.74) is 8.87. The number of primary amides is 1. The number of benzene rings is 2. The molecule has 284 valence electrons. The first-order valence-corrected chi connectivity index (χ1v) is 17.6. The van der Waals surface area contributed by atoms with E-state index >= 15 is 0 Å². The summed E-state index contributed by atoms with van der Waals surface area (Å²) in [6.07, 6.45) is 4.43. The number of nitrogens with zero attached hydrogens (tertiary/aromatic N) is 7. The predicted molar refractivity (Wildman–Crippen MR) is 199 cm³/mol. The number of anilines is 2. The molecular formula is C37H38N10O8. The molecule has 1 aliphatic heterocycles. The van der Waals surface area contributed by atoms with Crippen molar-refractivity contribution < 1.29 is 38.2 Å². The number of aromatic nitrogens is 7. The number of hydrogen-bond acceptors (Lipinski definition) is 11. The van der Waals surface area contributed by atoms with Crippen molar-refractivity contribution in [2.45, 2.75) is 60.2 Å². The molecule has 0 fully saturated rings. The highest BCUT2D eigenvalue weighted by Gasteiger charge is 2.25. The van der Waals surface area contributed by atoms with Crippen LogP contribution in [0.3, 0.4) is 0 Å². The summed E-state index contributed by atoms with van der Waals surface area (Å²) >= 11 is 0. The van der Waals surface area contributed by atoms with Gasteiger partial charge in [-0.3, -0.25) is 29.7 Å². The van der Waals surface area contributed by atoms with E-state index in [1.165, 1.54) is 24.3 Å². The second-order valence-electron chi connectivity index (χ2n) is 12.7. The maximum absolute atomic E-state index is 13.6. The molecule has 0 saturated heterocycles. The Labute approximate surface area is 312 Å². The third-order valence-electron chi connectivity index (χ3n) is 8.92. The summed E-state index contributed by atoms with van der Waals surface area (Å²) in [4.78, 5) is 65.2. The minimum atomic E-state index is -1.18. The fourth-order valence-corrected chi connectivity index (χ4v) is 6.46. The number of nitrogens with two attached hydrogens (primary N) is 1. The molecule has 4 aromatic heterocycles. The molecule has 0 saturated carbocycles. The number of nitrogens with one attached hydrogen (secondary N) is 2. The Bertz CT molecular complexity index is 2370. The standard InChI is InChI=1S/C37H38N10O8/c1-5-23-31(55-20(4)39-23)34(50)43-37-41-25-16-22(35(51)52)18-28-30(25)46(37)11-8-7-10-45-29-24(15-21(32(38)48)17-27(29)53-12-9-13-54-28)40-36(45)42-33(49)26-14-19(3)44-47(26)6-2/h7-8,14-18H,5-6,9-13H2,1-4H3,(H2,38,48)(H,51,52)(H,40,42,49)(H,41,43,50)/b8-7+. The van der Waals surface area contributed by atoms with Gasteiger partial charge in [0.1, 0.15) is 28.2 Å². The molecule has 18 nitrogen and oxygen atoms in total. The molecule has 6 aromatic rings. The molecule has 5 heterocycles. The Morgan fingerprint density at radius 2 is 1.40 bits per heavy atom. The van der Waals surface area contributed by atoms with Crippen molar-refractivity contribution in [2.75, 3.05) is 23.8 Å². The summed E-state index contributed by atoms with van der Waals surface area (Å²) in [5, 5.41) is 20.0. The molecule has 0 aliphatic carbocycles. The van der Waals surface area contributed by atoms with Gasteiger partial charge in [0.25, 0.3) is 11.8 Å². The Morgan fingerprint density at radius 3 is 1.96 bits per heavy atom. The van der Waals surface area contributed by atoms with Gasteiger partial charge >= 0.3 is 5.97 Å². The smallest absolute Gasteiger partial charge is 0.335 e. The number of carbonyl (C=O) groups is 4. The lowest BCUT2D eigenvalue weighted by Gasteiger charge is -2.13. The highest BCUT2D eigenvalue weighted by atomic mass is 16.5. The number of imidazole rings is 2. The van der Waals surface area contributed by atoms with E-state index in [-0.39, 0.29) is 66.4 Å². The van der Waals surface area contributed by atoms with E-state index in [9.17, 15) is 24.3 Å². The summed E-state index contributed by atoms with van der Waals surface area (Å²) in [7, 11) is 0. The highest BCUT2D eigenvalue weighted by Crippen LogP contribution is 2.34. The summed E-state index contributed by atoms with van der Waals surface area (Å²) in [6.45, 7) is 8.19. The number of aromatic carboxylic acids is 1. The van der Waals surface area contributed by atoms with Gasteiger partial charge in [-0.2, -0.15) is 5.10 Å². The van der Waals surface area contributed by atoms with Gasteiger partial charge in [-0.1, -0.05) is 19.1 Å². The van der Waals surface area contributed by atoms with Crippen LogP contribution in [0.15, 0.2) is 46.9 Å². The first-order chi connectivity index (χ1) is 26.4. The maximum Gasteiger partial charge on any atom is 0.335 e. The summed E-state index contributed by atoms with van der Waals surface area (Å²) < 4.78 is 23.0. The fourth-order valence-electron chi connectivity index (χ4n) is 6.46. The zero-order valence-electron chi connectivity index (χ0n) is 30.5. The van der Waals surface area contributed by atoms with Crippen LogP contribution < -0.4 is 25.8 Å². The number of carbonyl (C=O) groups excluding carboxylic acids is 3. The molecule has 18 heteroatoms. The third kappa shape index (κ3) is 7.08. The quantitative estimate of drug-likeness (QED) is 0.158. The van der Waals surface area contributed by atoms with Gasteiger partial charge in [0.2, 0.25) is 23.6 Å². The van der Waals surface area contributed by atoms with Gasteiger partial charge in [-0.25, -0.2) is 19.7 Å². The summed E-state index contributed by atoms with van der Waals surface area (Å²) in [5.74, 6) is -1.66. The van der Waals surface area contributed by atoms with Crippen LogP contribution in [0.5, 0.6) is 11.5 Å². The van der Waals surface area contributed by atoms with Crippen molar-refractivity contribution in [2.24, 2.45) is 5.73 Å². The Hall–Kier alpha value is -6.98. The van der Waals surface area contributed by atoms with E-state index in [2.05, 4.69) is 25.7 Å². The number of amides is 3. The molecule has 3 amide bonds. The van der Waals surface area contributed by atoms with E-state index in [1.54, 1.807) is 33.7 Å². The monoisotopic (exact) mass is 750 g/mol. The largest absolute Gasteiger partial charge is 0.491 e. The van der Waals surface area contributed by atoms with Crippen molar-refractivity contribution in [3.63, 3.8) is 0 Å². The van der Waals surface area contributed by atoms with Crippen LogP contribution in [-0.4, -0.2) is 75.9 Å². The van der Waals surface area contributed by atoms with Crippen molar-refractivity contribution in [1.29, 1.82) is 0 Å². The number of aryl methyl sites for hydroxylation is 4. The number of oxazole rings is 1. The molecule has 0 unspecified atom stereocenters. The van der Waals surface area contributed by atoms with Crippen LogP contribution in [-0.2, 0) is 26.1 Å². The first kappa shape index (κ1) is 36.4. The molecule has 2 aromatic carbocycles. The van der Waals surface area contributed by atoms with Gasteiger partial charge in [-0.05, 0) is 50.6 Å². The van der Waals surface area contributed by atoms with Gasteiger partial charge in [0, 0.05) is 38.5 Å². The number of allylic oxidation sites excluding steroid dienone is 2. The summed E-state index contributed by atoms with van der Waals surface area (Å²) in [6, 6.07) is 7.56. The molecular weight excluding hydrogens is 712 g/mol. The molecule has 0 atom stereocenters. The van der Waals surface area contributed by atoms with E-state index in [4.69, 9.17) is 24.6 Å². The zero-order chi connectivity index (χ0) is 39.0. The van der Waals surface area contributed by atoms with E-state index < -0.39 is 23.7 Å². The SMILES string of the molecule is CCc1nc(C)oc1C(=O)Nc1nc2cc(C(=O)O)cc3c2n1C/C=C/Cn1c(NC(=O)c2cc(C)nn2CC)nc2cc(C(N)=O)cc(c21)OCCCO3. The second kappa shape index (κ2) is 14.8. The lowest BCUT2D eigenvalue weighted by molar-refractivity contribution is 0.0695. The minimum absolute atomic E-state index is 0.0456. The van der Waals surface area contributed by atoms with Crippen LogP contribution in [0, 0.1) is 13.8 Å². The maximum atomic E-state index is 13.6. The second-order valence-corrected chi connectivity index (χ2v) is 12.7. The van der Waals surface area contributed by atoms with Crippen LogP contribution in [0.2, 0.25) is 0 Å². The number of ether oxygens (including phenoxy) is 2. The Morgan fingerprint density at radius 1 is 0.818 bits per heavy atom. The van der Waals surface area contributed by atoms with Crippen molar-refractivity contribution in [1.82, 2.24) is 33.9 Å². The van der Waals surface area contributed by atoms with E-state index in [1.807, 2.05) is 26.0 Å². The van der Waals surface area contributed by atoms with Gasteiger partial charge in [-0.15, -0.1) is 0 Å². The molecule has 0 radical (unpaired) electrons. The molecule has 1 aliphatic rings.